The van der Waals surface area contributed by atoms with Gasteiger partial charge in [-0.1, -0.05) is 27.2 Å². The minimum Gasteiger partial charge on any atom is -0.427 e. The van der Waals surface area contributed by atoms with Gasteiger partial charge in [-0.15, -0.1) is 0 Å². The van der Waals surface area contributed by atoms with E-state index in [1.54, 1.807) is 0 Å². The van der Waals surface area contributed by atoms with Crippen LogP contribution in [0.25, 0.3) is 0 Å². The monoisotopic (exact) mass is 174 g/mol. The van der Waals surface area contributed by atoms with Gasteiger partial charge in [0.25, 0.3) is 0 Å². The summed E-state index contributed by atoms with van der Waals surface area (Å²) in [4.78, 5) is 0. The molecule has 0 aromatic rings. The van der Waals surface area contributed by atoms with Crippen LogP contribution >= 0.6 is 0 Å². The standard InChI is InChI=1S/C9H22OSi/c1-4-7-9(5-2,6-3)8-10-11/h4-8H2,1-3,11H3. The lowest BCUT2D eigenvalue weighted by molar-refractivity contribution is 0.129. The van der Waals surface area contributed by atoms with Gasteiger partial charge < -0.3 is 4.43 Å². The molecule has 0 rings (SSSR count). The van der Waals surface area contributed by atoms with Crippen LogP contribution in [0.1, 0.15) is 46.5 Å². The van der Waals surface area contributed by atoms with Crippen molar-refractivity contribution in [3.8, 4) is 0 Å². The summed E-state index contributed by atoms with van der Waals surface area (Å²) in [5.41, 5.74) is 0.497. The Morgan fingerprint density at radius 1 is 1.18 bits per heavy atom. The zero-order valence-electron chi connectivity index (χ0n) is 8.44. The molecular weight excluding hydrogens is 152 g/mol. The maximum absolute atomic E-state index is 5.38. The molecule has 0 fully saturated rings. The molecule has 0 radical (unpaired) electrons. The second-order valence-corrected chi connectivity index (χ2v) is 3.97. The van der Waals surface area contributed by atoms with Crippen LogP contribution in [0.3, 0.4) is 0 Å². The Morgan fingerprint density at radius 2 is 1.73 bits per heavy atom. The van der Waals surface area contributed by atoms with E-state index in [9.17, 15) is 0 Å². The van der Waals surface area contributed by atoms with Crippen LogP contribution in [0.2, 0.25) is 0 Å². The molecule has 1 nitrogen and oxygen atoms in total. The molecular formula is C9H22OSi. The van der Waals surface area contributed by atoms with Gasteiger partial charge in [-0.3, -0.25) is 0 Å². The van der Waals surface area contributed by atoms with Gasteiger partial charge in [-0.2, -0.15) is 0 Å². The predicted molar refractivity (Wildman–Crippen MR) is 53.8 cm³/mol. The maximum Gasteiger partial charge on any atom is 0.145 e. The van der Waals surface area contributed by atoms with Gasteiger partial charge in [0.05, 0.1) is 0 Å². The Labute approximate surface area is 74.1 Å². The summed E-state index contributed by atoms with van der Waals surface area (Å²) in [5, 5.41) is 0. The van der Waals surface area contributed by atoms with Crippen LogP contribution in [-0.4, -0.2) is 17.1 Å². The predicted octanol–water partition coefficient (Wildman–Crippen LogP) is 1.89. The second kappa shape index (κ2) is 5.78. The molecule has 0 saturated heterocycles. The van der Waals surface area contributed by atoms with Gasteiger partial charge in [0.2, 0.25) is 0 Å². The lowest BCUT2D eigenvalue weighted by Crippen LogP contribution is -2.24. The molecule has 0 spiro atoms. The van der Waals surface area contributed by atoms with Crippen molar-refractivity contribution in [1.82, 2.24) is 0 Å². The summed E-state index contributed by atoms with van der Waals surface area (Å²) in [5.74, 6) is 0. The first-order valence-electron chi connectivity index (χ1n) is 4.73. The zero-order valence-corrected chi connectivity index (χ0v) is 10.4. The van der Waals surface area contributed by atoms with Gasteiger partial charge in [0.1, 0.15) is 10.5 Å². The molecule has 11 heavy (non-hydrogen) atoms. The third-order valence-electron chi connectivity index (χ3n) is 2.73. The molecule has 0 aromatic heterocycles. The topological polar surface area (TPSA) is 9.23 Å². The van der Waals surface area contributed by atoms with Crippen molar-refractivity contribution in [2.45, 2.75) is 46.5 Å². The molecule has 2 heteroatoms. The van der Waals surface area contributed by atoms with Crippen molar-refractivity contribution in [2.24, 2.45) is 5.41 Å². The largest absolute Gasteiger partial charge is 0.427 e. The van der Waals surface area contributed by atoms with E-state index < -0.39 is 0 Å². The van der Waals surface area contributed by atoms with Crippen LogP contribution in [-0.2, 0) is 4.43 Å². The molecule has 0 amide bonds. The number of hydrogen-bond acceptors (Lipinski definition) is 1. The molecule has 0 heterocycles. The molecule has 0 bridgehead atoms. The van der Waals surface area contributed by atoms with Gasteiger partial charge in [0.15, 0.2) is 0 Å². The maximum atomic E-state index is 5.38. The summed E-state index contributed by atoms with van der Waals surface area (Å²) in [7, 11) is 0.886. The normalized spacial score (nSPS) is 12.3. The van der Waals surface area contributed by atoms with Crippen molar-refractivity contribution < 1.29 is 4.43 Å². The molecule has 0 aromatic carbocycles. The Morgan fingerprint density at radius 3 is 2.00 bits per heavy atom. The average Bonchev–Trinajstić information content (AvgIpc) is 2.04. The van der Waals surface area contributed by atoms with E-state index in [2.05, 4.69) is 20.8 Å². The SMILES string of the molecule is CCCC(CC)(CC)CO[SiH3]. The van der Waals surface area contributed by atoms with E-state index in [0.717, 1.165) is 17.1 Å². The fourth-order valence-corrected chi connectivity index (χ4v) is 2.33. The molecule has 0 atom stereocenters. The lowest BCUT2D eigenvalue weighted by Gasteiger charge is -2.30. The first-order valence-corrected chi connectivity index (χ1v) is 5.55. The first kappa shape index (κ1) is 11.2. The van der Waals surface area contributed by atoms with Crippen molar-refractivity contribution in [3.05, 3.63) is 0 Å². The third kappa shape index (κ3) is 3.39. The van der Waals surface area contributed by atoms with E-state index in [4.69, 9.17) is 4.43 Å². The third-order valence-corrected chi connectivity index (χ3v) is 3.02. The fourth-order valence-electron chi connectivity index (χ4n) is 1.72. The molecule has 68 valence electrons. The molecule has 0 aliphatic carbocycles. The highest BCUT2D eigenvalue weighted by Gasteiger charge is 2.24. The molecule has 0 N–H and O–H groups in total. The summed E-state index contributed by atoms with van der Waals surface area (Å²) < 4.78 is 5.38. The van der Waals surface area contributed by atoms with Gasteiger partial charge >= 0.3 is 0 Å². The van der Waals surface area contributed by atoms with Crippen LogP contribution < -0.4 is 0 Å². The van der Waals surface area contributed by atoms with Crippen molar-refractivity contribution in [3.63, 3.8) is 0 Å². The quantitative estimate of drug-likeness (QED) is 0.559. The highest BCUT2D eigenvalue weighted by atomic mass is 28.2. The minimum absolute atomic E-state index is 0.497. The van der Waals surface area contributed by atoms with E-state index in [1.807, 2.05) is 0 Å². The Balaban J connectivity index is 3.96. The molecule has 0 aliphatic rings. The van der Waals surface area contributed by atoms with Crippen molar-refractivity contribution >= 4 is 10.5 Å². The summed E-state index contributed by atoms with van der Waals surface area (Å²) in [6, 6.07) is 0. The van der Waals surface area contributed by atoms with E-state index in [1.165, 1.54) is 25.7 Å². The van der Waals surface area contributed by atoms with Gasteiger partial charge in [0, 0.05) is 6.61 Å². The highest BCUT2D eigenvalue weighted by molar-refractivity contribution is 5.97. The first-order chi connectivity index (χ1) is 5.24. The molecule has 0 saturated carbocycles. The Bertz CT molecular complexity index is 81.6. The summed E-state index contributed by atoms with van der Waals surface area (Å²) >= 11 is 0. The molecule has 0 unspecified atom stereocenters. The average molecular weight is 174 g/mol. The van der Waals surface area contributed by atoms with E-state index in [-0.39, 0.29) is 0 Å². The van der Waals surface area contributed by atoms with Gasteiger partial charge in [-0.05, 0) is 24.7 Å². The van der Waals surface area contributed by atoms with Crippen LogP contribution in [0, 0.1) is 5.41 Å². The van der Waals surface area contributed by atoms with Gasteiger partial charge in [-0.25, -0.2) is 0 Å². The van der Waals surface area contributed by atoms with Crippen molar-refractivity contribution in [2.75, 3.05) is 6.61 Å². The van der Waals surface area contributed by atoms with Crippen LogP contribution in [0.15, 0.2) is 0 Å². The number of rotatable bonds is 6. The minimum atomic E-state index is 0.497. The zero-order chi connectivity index (χ0) is 8.74. The summed E-state index contributed by atoms with van der Waals surface area (Å²) in [6.07, 6.45) is 5.13. The second-order valence-electron chi connectivity index (χ2n) is 3.39. The highest BCUT2D eigenvalue weighted by Crippen LogP contribution is 2.31. The van der Waals surface area contributed by atoms with Crippen molar-refractivity contribution in [1.29, 1.82) is 0 Å². The lowest BCUT2D eigenvalue weighted by atomic mass is 9.79. The Kier molecular flexibility index (Phi) is 5.87. The van der Waals surface area contributed by atoms with E-state index >= 15 is 0 Å². The van der Waals surface area contributed by atoms with E-state index in [0.29, 0.717) is 5.41 Å². The van der Waals surface area contributed by atoms with Crippen LogP contribution in [0.5, 0.6) is 0 Å². The number of hydrogen-bond donors (Lipinski definition) is 0. The molecule has 0 aliphatic heterocycles. The smallest absolute Gasteiger partial charge is 0.145 e. The summed E-state index contributed by atoms with van der Waals surface area (Å²) in [6.45, 7) is 7.80. The fraction of sp³-hybridized carbons (Fsp3) is 1.00. The van der Waals surface area contributed by atoms with Crippen LogP contribution in [0.4, 0.5) is 0 Å². The Hall–Kier alpha value is 0.177.